The van der Waals surface area contributed by atoms with E-state index >= 15 is 0 Å². The summed E-state index contributed by atoms with van der Waals surface area (Å²) in [6.45, 7) is 5.61. The Hall–Kier alpha value is -1.88. The van der Waals surface area contributed by atoms with Crippen LogP contribution in [0.2, 0.25) is 0 Å². The van der Waals surface area contributed by atoms with Gasteiger partial charge in [-0.3, -0.25) is 4.79 Å². The van der Waals surface area contributed by atoms with Gasteiger partial charge in [-0.1, -0.05) is 22.0 Å². The Bertz CT molecular complexity index is 703. The maximum atomic E-state index is 13.7. The van der Waals surface area contributed by atoms with Gasteiger partial charge in [0.15, 0.2) is 6.10 Å². The Kier molecular flexibility index (Phi) is 5.19. The first-order valence-corrected chi connectivity index (χ1v) is 7.66. The minimum absolute atomic E-state index is 0.128. The third kappa shape index (κ3) is 4.07. The molecule has 0 heterocycles. The van der Waals surface area contributed by atoms with E-state index in [-0.39, 0.29) is 5.69 Å². The van der Waals surface area contributed by atoms with E-state index in [2.05, 4.69) is 21.2 Å². The Morgan fingerprint density at radius 1 is 1.18 bits per heavy atom. The monoisotopic (exact) mass is 365 g/mol. The maximum absolute atomic E-state index is 13.7. The summed E-state index contributed by atoms with van der Waals surface area (Å²) < 4.78 is 19.9. The number of hydrogen-bond donors (Lipinski definition) is 1. The van der Waals surface area contributed by atoms with Crippen molar-refractivity contribution in [2.75, 3.05) is 5.32 Å². The van der Waals surface area contributed by atoms with Crippen molar-refractivity contribution in [3.8, 4) is 5.75 Å². The van der Waals surface area contributed by atoms with E-state index in [0.717, 1.165) is 11.1 Å². The second-order valence-corrected chi connectivity index (χ2v) is 6.04. The van der Waals surface area contributed by atoms with Crippen molar-refractivity contribution in [1.29, 1.82) is 0 Å². The van der Waals surface area contributed by atoms with Crippen molar-refractivity contribution in [2.24, 2.45) is 0 Å². The van der Waals surface area contributed by atoms with E-state index in [1.54, 1.807) is 13.0 Å². The second-order valence-electron chi connectivity index (χ2n) is 5.12. The van der Waals surface area contributed by atoms with Crippen LogP contribution in [0.15, 0.2) is 40.9 Å². The molecule has 0 aliphatic rings. The van der Waals surface area contributed by atoms with Crippen molar-refractivity contribution in [3.63, 3.8) is 0 Å². The van der Waals surface area contributed by atoms with Crippen LogP contribution in [0.25, 0.3) is 0 Å². The molecule has 5 heteroatoms. The molecule has 0 saturated heterocycles. The highest BCUT2D eigenvalue weighted by Crippen LogP contribution is 2.21. The SMILES string of the molecule is Cc1ccc(OC(C)C(=O)Nc2ccc(Br)cc2F)cc1C. The van der Waals surface area contributed by atoms with Gasteiger partial charge in [0.2, 0.25) is 0 Å². The van der Waals surface area contributed by atoms with Crippen LogP contribution < -0.4 is 10.1 Å². The zero-order valence-electron chi connectivity index (χ0n) is 12.6. The summed E-state index contributed by atoms with van der Waals surface area (Å²) in [5.74, 6) is -0.289. The van der Waals surface area contributed by atoms with Gasteiger partial charge in [0.1, 0.15) is 11.6 Å². The molecule has 2 aromatic carbocycles. The van der Waals surface area contributed by atoms with Crippen molar-refractivity contribution >= 4 is 27.5 Å². The maximum Gasteiger partial charge on any atom is 0.265 e. The molecule has 1 unspecified atom stereocenters. The average Bonchev–Trinajstić information content (AvgIpc) is 2.45. The van der Waals surface area contributed by atoms with Gasteiger partial charge < -0.3 is 10.1 Å². The number of benzene rings is 2. The highest BCUT2D eigenvalue weighted by molar-refractivity contribution is 9.10. The zero-order chi connectivity index (χ0) is 16.3. The van der Waals surface area contributed by atoms with Gasteiger partial charge >= 0.3 is 0 Å². The summed E-state index contributed by atoms with van der Waals surface area (Å²) in [4.78, 5) is 12.1. The van der Waals surface area contributed by atoms with Crippen molar-refractivity contribution in [1.82, 2.24) is 0 Å². The van der Waals surface area contributed by atoms with Crippen LogP contribution in [0.5, 0.6) is 5.75 Å². The number of amides is 1. The average molecular weight is 366 g/mol. The molecule has 0 bridgehead atoms. The smallest absolute Gasteiger partial charge is 0.265 e. The molecule has 0 fully saturated rings. The molecule has 0 aliphatic carbocycles. The van der Waals surface area contributed by atoms with Crippen LogP contribution in [0.1, 0.15) is 18.1 Å². The quantitative estimate of drug-likeness (QED) is 0.858. The molecule has 22 heavy (non-hydrogen) atoms. The van der Waals surface area contributed by atoms with E-state index in [1.807, 2.05) is 32.0 Å². The van der Waals surface area contributed by atoms with Crippen LogP contribution in [-0.4, -0.2) is 12.0 Å². The predicted octanol–water partition coefficient (Wildman–Crippen LogP) is 4.61. The minimum atomic E-state index is -0.731. The lowest BCUT2D eigenvalue weighted by molar-refractivity contribution is -0.122. The molecular formula is C17H17BrFNO2. The number of rotatable bonds is 4. The zero-order valence-corrected chi connectivity index (χ0v) is 14.2. The van der Waals surface area contributed by atoms with Gasteiger partial charge in [0.05, 0.1) is 5.69 Å². The number of ether oxygens (including phenoxy) is 1. The lowest BCUT2D eigenvalue weighted by Gasteiger charge is -2.16. The fourth-order valence-electron chi connectivity index (χ4n) is 1.87. The summed E-state index contributed by atoms with van der Waals surface area (Å²) >= 11 is 3.17. The normalized spacial score (nSPS) is 11.9. The minimum Gasteiger partial charge on any atom is -0.481 e. The largest absolute Gasteiger partial charge is 0.481 e. The van der Waals surface area contributed by atoms with Gasteiger partial charge in [-0.25, -0.2) is 4.39 Å². The van der Waals surface area contributed by atoms with E-state index in [1.165, 1.54) is 12.1 Å². The number of hydrogen-bond acceptors (Lipinski definition) is 2. The van der Waals surface area contributed by atoms with Crippen LogP contribution in [0, 0.1) is 19.7 Å². The molecule has 2 aromatic rings. The Morgan fingerprint density at radius 3 is 2.55 bits per heavy atom. The highest BCUT2D eigenvalue weighted by Gasteiger charge is 2.16. The molecule has 0 aliphatic heterocycles. The van der Waals surface area contributed by atoms with Crippen molar-refractivity contribution in [3.05, 3.63) is 57.8 Å². The molecule has 0 radical (unpaired) electrons. The highest BCUT2D eigenvalue weighted by atomic mass is 79.9. The summed E-state index contributed by atoms with van der Waals surface area (Å²) in [7, 11) is 0. The molecule has 0 saturated carbocycles. The van der Waals surface area contributed by atoms with Gasteiger partial charge in [0, 0.05) is 4.47 Å². The van der Waals surface area contributed by atoms with E-state index in [4.69, 9.17) is 4.74 Å². The Labute approximate surface area is 137 Å². The number of anilines is 1. The standard InChI is InChI=1S/C17H17BrFNO2/c1-10-4-6-14(8-11(10)2)22-12(3)17(21)20-16-7-5-13(18)9-15(16)19/h4-9,12H,1-3H3,(H,20,21). The first-order chi connectivity index (χ1) is 10.4. The molecule has 1 amide bonds. The molecule has 2 rings (SSSR count). The third-order valence-corrected chi connectivity index (χ3v) is 3.84. The van der Waals surface area contributed by atoms with Crippen LogP contribution in [0.4, 0.5) is 10.1 Å². The molecule has 0 spiro atoms. The van der Waals surface area contributed by atoms with Gasteiger partial charge in [-0.05, 0) is 62.2 Å². The fourth-order valence-corrected chi connectivity index (χ4v) is 2.20. The van der Waals surface area contributed by atoms with E-state index < -0.39 is 17.8 Å². The molecular weight excluding hydrogens is 349 g/mol. The summed E-state index contributed by atoms with van der Waals surface area (Å²) in [5.41, 5.74) is 2.37. The van der Waals surface area contributed by atoms with Gasteiger partial charge in [-0.2, -0.15) is 0 Å². The number of halogens is 2. The molecule has 3 nitrogen and oxygen atoms in total. The predicted molar refractivity (Wildman–Crippen MR) is 88.7 cm³/mol. The van der Waals surface area contributed by atoms with Crippen molar-refractivity contribution in [2.45, 2.75) is 26.9 Å². The Morgan fingerprint density at radius 2 is 1.91 bits per heavy atom. The lowest BCUT2D eigenvalue weighted by atomic mass is 10.1. The summed E-state index contributed by atoms with van der Waals surface area (Å²) in [5, 5.41) is 2.52. The Balaban J connectivity index is 2.04. The lowest BCUT2D eigenvalue weighted by Crippen LogP contribution is -2.30. The molecule has 1 N–H and O–H groups in total. The molecule has 116 valence electrons. The number of carbonyl (C=O) groups excluding carboxylic acids is 1. The van der Waals surface area contributed by atoms with E-state index in [9.17, 15) is 9.18 Å². The second kappa shape index (κ2) is 6.92. The number of carbonyl (C=O) groups is 1. The first-order valence-electron chi connectivity index (χ1n) is 6.86. The molecule has 0 aromatic heterocycles. The van der Waals surface area contributed by atoms with Crippen LogP contribution >= 0.6 is 15.9 Å². The molecule has 1 atom stereocenters. The van der Waals surface area contributed by atoms with Crippen molar-refractivity contribution < 1.29 is 13.9 Å². The summed E-state index contributed by atoms with van der Waals surface area (Å²) in [6.07, 6.45) is -0.731. The number of nitrogens with one attached hydrogen (secondary N) is 1. The topological polar surface area (TPSA) is 38.3 Å². The van der Waals surface area contributed by atoms with Gasteiger partial charge in [0.25, 0.3) is 5.91 Å². The van der Waals surface area contributed by atoms with Crippen LogP contribution in [0.3, 0.4) is 0 Å². The van der Waals surface area contributed by atoms with Gasteiger partial charge in [-0.15, -0.1) is 0 Å². The fraction of sp³-hybridized carbons (Fsp3) is 0.235. The van der Waals surface area contributed by atoms with E-state index in [0.29, 0.717) is 10.2 Å². The first kappa shape index (κ1) is 16.5. The number of aryl methyl sites for hydroxylation is 2. The van der Waals surface area contributed by atoms with Crippen LogP contribution in [-0.2, 0) is 4.79 Å². The summed E-state index contributed by atoms with van der Waals surface area (Å²) in [6, 6.07) is 10.1. The third-order valence-electron chi connectivity index (χ3n) is 3.35.